The van der Waals surface area contributed by atoms with Crippen molar-refractivity contribution < 1.29 is 4.79 Å². The number of aromatic nitrogens is 4. The Morgan fingerprint density at radius 1 is 1.06 bits per heavy atom. The Bertz CT molecular complexity index is 1290. The number of aryl methyl sites for hydroxylation is 1. The molecule has 0 bridgehead atoms. The van der Waals surface area contributed by atoms with Crippen molar-refractivity contribution in [3.8, 4) is 0 Å². The molecule has 3 aromatic rings. The first-order valence-corrected chi connectivity index (χ1v) is 11.8. The van der Waals surface area contributed by atoms with Crippen molar-refractivity contribution in [2.75, 3.05) is 6.54 Å². The molecule has 176 valence electrons. The molecule has 2 aromatic heterocycles. The van der Waals surface area contributed by atoms with Gasteiger partial charge in [0, 0.05) is 26.1 Å². The molecule has 1 amide bonds. The smallest absolute Gasteiger partial charge is 0.332 e. The Morgan fingerprint density at radius 3 is 2.30 bits per heavy atom. The Balaban J connectivity index is 1.93. The summed E-state index contributed by atoms with van der Waals surface area (Å²) in [4.78, 5) is 47.5. The minimum absolute atomic E-state index is 0.145. The quantitative estimate of drug-likeness (QED) is 0.440. The fraction of sp³-hybridized carbons (Fsp3) is 0.458. The zero-order valence-electron chi connectivity index (χ0n) is 20.2. The highest BCUT2D eigenvalue weighted by Crippen LogP contribution is 2.29. The van der Waals surface area contributed by atoms with Gasteiger partial charge < -0.3 is 5.32 Å². The number of carbonyl (C=O) groups excluding carboxylic acids is 1. The Labute approximate surface area is 197 Å². The van der Waals surface area contributed by atoms with E-state index in [1.165, 1.54) is 23.4 Å². The molecule has 0 spiro atoms. The summed E-state index contributed by atoms with van der Waals surface area (Å²) in [5.74, 6) is 0.529. The van der Waals surface area contributed by atoms with E-state index in [0.717, 1.165) is 10.1 Å². The summed E-state index contributed by atoms with van der Waals surface area (Å²) in [5, 5.41) is 3.15. The van der Waals surface area contributed by atoms with Gasteiger partial charge in [-0.2, -0.15) is 0 Å². The summed E-state index contributed by atoms with van der Waals surface area (Å²) < 4.78 is 2.39. The topological polar surface area (TPSA) is 98.9 Å². The van der Waals surface area contributed by atoms with Gasteiger partial charge in [-0.1, -0.05) is 69.8 Å². The number of nitrogens with one attached hydrogen (secondary N) is 1. The van der Waals surface area contributed by atoms with Gasteiger partial charge in [0.25, 0.3) is 5.56 Å². The van der Waals surface area contributed by atoms with E-state index in [4.69, 9.17) is 0 Å². The summed E-state index contributed by atoms with van der Waals surface area (Å²) >= 11 is 1.20. The first kappa shape index (κ1) is 24.7. The third-order valence-corrected chi connectivity index (χ3v) is 6.63. The maximum absolute atomic E-state index is 13.0. The molecule has 1 N–H and O–H groups in total. The van der Waals surface area contributed by atoms with E-state index in [0.29, 0.717) is 17.4 Å². The summed E-state index contributed by atoms with van der Waals surface area (Å²) in [6.07, 6.45) is 0. The van der Waals surface area contributed by atoms with E-state index >= 15 is 0 Å². The van der Waals surface area contributed by atoms with Crippen molar-refractivity contribution in [3.63, 3.8) is 0 Å². The summed E-state index contributed by atoms with van der Waals surface area (Å²) in [7, 11) is 3.01. The lowest BCUT2D eigenvalue weighted by molar-refractivity contribution is -0.120. The number of amides is 1. The Morgan fingerprint density at radius 2 is 1.70 bits per heavy atom. The van der Waals surface area contributed by atoms with E-state index in [1.807, 2.05) is 51.1 Å². The fourth-order valence-corrected chi connectivity index (χ4v) is 4.33. The van der Waals surface area contributed by atoms with Crippen LogP contribution in [0.2, 0.25) is 0 Å². The van der Waals surface area contributed by atoms with Gasteiger partial charge in [-0.25, -0.2) is 14.8 Å². The van der Waals surface area contributed by atoms with E-state index in [2.05, 4.69) is 22.2 Å². The number of rotatable bonds is 6. The molecular weight excluding hydrogens is 438 g/mol. The number of hydrogen-bond donors (Lipinski definition) is 1. The van der Waals surface area contributed by atoms with Gasteiger partial charge in [0.05, 0.1) is 5.25 Å². The SMILES string of the molecule is C[C@@H](Sc1nc(C(C)(C)C)nc2c1c(=O)n(C)c(=O)n2C)C(=O)NC[C@H](C)c1ccccc1. The average molecular weight is 470 g/mol. The summed E-state index contributed by atoms with van der Waals surface area (Å²) in [6, 6.07) is 10.00. The molecule has 0 aliphatic rings. The molecule has 1 aromatic carbocycles. The lowest BCUT2D eigenvalue weighted by Crippen LogP contribution is -2.38. The summed E-state index contributed by atoms with van der Waals surface area (Å²) in [6.45, 7) is 10.2. The molecule has 0 aliphatic carbocycles. The van der Waals surface area contributed by atoms with Gasteiger partial charge in [-0.3, -0.25) is 18.7 Å². The standard InChI is InChI=1S/C24H31N5O3S/c1-14(16-11-9-8-10-12-16)13-25-19(30)15(2)33-20-17-18(26-22(27-20)24(3,4)5)28(6)23(32)29(7)21(17)31/h8-12,14-15H,13H2,1-7H3,(H,25,30)/t14-,15+/m0/s1. The predicted octanol–water partition coefficient (Wildman–Crippen LogP) is 2.73. The highest BCUT2D eigenvalue weighted by molar-refractivity contribution is 8.00. The minimum atomic E-state index is -0.499. The number of benzene rings is 1. The number of nitrogens with zero attached hydrogens (tertiary/aromatic N) is 4. The van der Waals surface area contributed by atoms with Crippen LogP contribution in [-0.2, 0) is 24.3 Å². The lowest BCUT2D eigenvalue weighted by Gasteiger charge is -2.20. The monoisotopic (exact) mass is 469 g/mol. The van der Waals surface area contributed by atoms with E-state index in [9.17, 15) is 14.4 Å². The molecule has 0 unspecified atom stereocenters. The van der Waals surface area contributed by atoms with Gasteiger partial charge in [0.2, 0.25) is 5.91 Å². The average Bonchev–Trinajstić information content (AvgIpc) is 2.78. The highest BCUT2D eigenvalue weighted by Gasteiger charge is 2.26. The third-order valence-electron chi connectivity index (χ3n) is 5.55. The van der Waals surface area contributed by atoms with Crippen molar-refractivity contribution in [2.45, 2.75) is 56.2 Å². The number of fused-ring (bicyclic) bond motifs is 1. The van der Waals surface area contributed by atoms with Crippen molar-refractivity contribution in [3.05, 3.63) is 62.6 Å². The number of thioether (sulfide) groups is 1. The molecule has 0 radical (unpaired) electrons. The minimum Gasteiger partial charge on any atom is -0.355 e. The number of carbonyl (C=O) groups is 1. The van der Waals surface area contributed by atoms with Crippen molar-refractivity contribution in [2.24, 2.45) is 14.1 Å². The zero-order valence-corrected chi connectivity index (χ0v) is 21.0. The molecule has 2 atom stereocenters. The first-order valence-electron chi connectivity index (χ1n) is 10.9. The Kier molecular flexibility index (Phi) is 7.11. The van der Waals surface area contributed by atoms with E-state index in [1.54, 1.807) is 14.0 Å². The fourth-order valence-electron chi connectivity index (χ4n) is 3.37. The van der Waals surface area contributed by atoms with Gasteiger partial charge >= 0.3 is 5.69 Å². The normalized spacial score (nSPS) is 13.7. The van der Waals surface area contributed by atoms with E-state index < -0.39 is 21.9 Å². The van der Waals surface area contributed by atoms with Gasteiger partial charge in [0.1, 0.15) is 16.2 Å². The molecular formula is C24H31N5O3S. The molecule has 0 fully saturated rings. The van der Waals surface area contributed by atoms with Crippen molar-refractivity contribution >= 4 is 28.7 Å². The van der Waals surface area contributed by atoms with Crippen LogP contribution in [0.1, 0.15) is 51.9 Å². The maximum atomic E-state index is 13.0. The first-order chi connectivity index (χ1) is 15.4. The third kappa shape index (κ3) is 5.19. The van der Waals surface area contributed by atoms with E-state index in [-0.39, 0.29) is 22.9 Å². The van der Waals surface area contributed by atoms with Crippen LogP contribution in [0.4, 0.5) is 0 Å². The van der Waals surface area contributed by atoms with Crippen LogP contribution in [0.3, 0.4) is 0 Å². The molecule has 2 heterocycles. The van der Waals surface area contributed by atoms with Gasteiger partial charge in [-0.15, -0.1) is 0 Å². The largest absolute Gasteiger partial charge is 0.355 e. The molecule has 8 nitrogen and oxygen atoms in total. The second kappa shape index (κ2) is 9.51. The lowest BCUT2D eigenvalue weighted by atomic mass is 9.96. The zero-order chi connectivity index (χ0) is 24.5. The summed E-state index contributed by atoms with van der Waals surface area (Å²) in [5.41, 5.74) is 0.0936. The molecule has 9 heteroatoms. The molecule has 0 saturated carbocycles. The molecule has 33 heavy (non-hydrogen) atoms. The highest BCUT2D eigenvalue weighted by atomic mass is 32.2. The van der Waals surface area contributed by atoms with Crippen LogP contribution in [-0.4, -0.2) is 36.8 Å². The molecule has 0 saturated heterocycles. The van der Waals surface area contributed by atoms with Crippen molar-refractivity contribution in [1.82, 2.24) is 24.4 Å². The second-order valence-electron chi connectivity index (χ2n) is 9.32. The van der Waals surface area contributed by atoms with Crippen LogP contribution in [0, 0.1) is 0 Å². The molecule has 3 rings (SSSR count). The maximum Gasteiger partial charge on any atom is 0.332 e. The predicted molar refractivity (Wildman–Crippen MR) is 132 cm³/mol. The van der Waals surface area contributed by atoms with Crippen LogP contribution in [0.15, 0.2) is 44.9 Å². The Hall–Kier alpha value is -2.94. The van der Waals surface area contributed by atoms with Gasteiger partial charge in [0.15, 0.2) is 5.65 Å². The van der Waals surface area contributed by atoms with Crippen LogP contribution < -0.4 is 16.6 Å². The van der Waals surface area contributed by atoms with Crippen molar-refractivity contribution in [1.29, 1.82) is 0 Å². The molecule has 0 aliphatic heterocycles. The van der Waals surface area contributed by atoms with Crippen LogP contribution in [0.5, 0.6) is 0 Å². The van der Waals surface area contributed by atoms with Gasteiger partial charge in [-0.05, 0) is 18.4 Å². The van der Waals surface area contributed by atoms with Crippen LogP contribution in [0.25, 0.3) is 11.0 Å². The number of hydrogen-bond acceptors (Lipinski definition) is 6. The van der Waals surface area contributed by atoms with Crippen LogP contribution >= 0.6 is 11.8 Å². The second-order valence-corrected chi connectivity index (χ2v) is 10.7.